The molecule has 0 aliphatic heterocycles. The highest BCUT2D eigenvalue weighted by Gasteiger charge is 2.17. The van der Waals surface area contributed by atoms with Gasteiger partial charge in [-0.15, -0.1) is 0 Å². The van der Waals surface area contributed by atoms with Crippen molar-refractivity contribution in [1.29, 1.82) is 0 Å². The molecule has 4 nitrogen and oxygen atoms in total. The third-order valence-electron chi connectivity index (χ3n) is 3.56. The van der Waals surface area contributed by atoms with Gasteiger partial charge in [0.15, 0.2) is 0 Å². The summed E-state index contributed by atoms with van der Waals surface area (Å²) in [7, 11) is 0. The van der Waals surface area contributed by atoms with Gasteiger partial charge in [-0.05, 0) is 56.9 Å². The molecule has 2 rings (SSSR count). The quantitative estimate of drug-likeness (QED) is 0.473. The number of benzene rings is 1. The zero-order chi connectivity index (χ0) is 15.2. The summed E-state index contributed by atoms with van der Waals surface area (Å²) in [6.07, 6.45) is 3.39. The number of esters is 1. The minimum Gasteiger partial charge on any atom is -0.494 e. The fourth-order valence-electron chi connectivity index (χ4n) is 2.22. The van der Waals surface area contributed by atoms with Gasteiger partial charge in [-0.25, -0.2) is 0 Å². The Kier molecular flexibility index (Phi) is 5.26. The van der Waals surface area contributed by atoms with Crippen LogP contribution in [0.3, 0.4) is 0 Å². The number of anilines is 1. The molecule has 2 N–H and O–H groups in total. The molecule has 0 amide bonds. The van der Waals surface area contributed by atoms with Crippen molar-refractivity contribution in [3.63, 3.8) is 0 Å². The molecular formula is C17H23NO3. The highest BCUT2D eigenvalue weighted by atomic mass is 16.5. The molecule has 0 bridgehead atoms. The van der Waals surface area contributed by atoms with E-state index in [9.17, 15) is 4.79 Å². The Morgan fingerprint density at radius 2 is 2.10 bits per heavy atom. The summed E-state index contributed by atoms with van der Waals surface area (Å²) in [5.74, 6) is 0.622. The summed E-state index contributed by atoms with van der Waals surface area (Å²) in [5.41, 5.74) is 10.6. The molecule has 0 unspecified atom stereocenters. The third kappa shape index (κ3) is 4.52. The molecule has 4 heteroatoms. The Bertz CT molecular complexity index is 543. The first-order chi connectivity index (χ1) is 10.1. The second kappa shape index (κ2) is 7.16. The van der Waals surface area contributed by atoms with E-state index in [-0.39, 0.29) is 5.97 Å². The molecule has 1 saturated carbocycles. The lowest BCUT2D eigenvalue weighted by molar-refractivity contribution is -0.143. The van der Waals surface area contributed by atoms with Crippen LogP contribution < -0.4 is 10.5 Å². The maximum Gasteiger partial charge on any atom is 0.305 e. The van der Waals surface area contributed by atoms with Crippen LogP contribution in [0, 0.1) is 0 Å². The van der Waals surface area contributed by atoms with Gasteiger partial charge in [0.25, 0.3) is 0 Å². The number of nitrogens with two attached hydrogens (primary N) is 1. The molecule has 1 aromatic rings. The monoisotopic (exact) mass is 289 g/mol. The topological polar surface area (TPSA) is 61.5 Å². The Morgan fingerprint density at radius 1 is 1.33 bits per heavy atom. The Hall–Kier alpha value is -1.97. The Labute approximate surface area is 125 Å². The summed E-state index contributed by atoms with van der Waals surface area (Å²) >= 11 is 0. The van der Waals surface area contributed by atoms with E-state index in [4.69, 9.17) is 15.2 Å². The summed E-state index contributed by atoms with van der Waals surface area (Å²) in [5, 5.41) is 0. The van der Waals surface area contributed by atoms with Crippen molar-refractivity contribution >= 4 is 17.2 Å². The number of hydrogen-bond donors (Lipinski definition) is 1. The summed E-state index contributed by atoms with van der Waals surface area (Å²) in [4.78, 5) is 11.2. The number of ether oxygens (including phenoxy) is 2. The standard InChI is InChI=1S/C17H23NO3/c1-3-20-17(19)5-4-10-21-14-8-9-16(18)15(11-14)12(2)13-6-7-13/h8-9,11H,3-7,10,18H2,1-2H3. The molecule has 0 heterocycles. The maximum absolute atomic E-state index is 11.2. The van der Waals surface area contributed by atoms with E-state index in [0.717, 1.165) is 17.0 Å². The number of carbonyl (C=O) groups is 1. The van der Waals surface area contributed by atoms with Gasteiger partial charge in [-0.2, -0.15) is 0 Å². The molecule has 21 heavy (non-hydrogen) atoms. The van der Waals surface area contributed by atoms with E-state index in [1.54, 1.807) is 6.92 Å². The number of allylic oxidation sites excluding steroid dienone is 2. The molecule has 0 aromatic heterocycles. The predicted molar refractivity (Wildman–Crippen MR) is 84.0 cm³/mol. The number of nitrogen functional groups attached to an aromatic ring is 1. The zero-order valence-electron chi connectivity index (χ0n) is 12.8. The third-order valence-corrected chi connectivity index (χ3v) is 3.56. The lowest BCUT2D eigenvalue weighted by atomic mass is 10.0. The number of carbonyl (C=O) groups excluding carboxylic acids is 1. The molecule has 1 aliphatic carbocycles. The SMILES string of the molecule is CCOC(=O)CCCOc1ccc(N)c(C(C)=C2CC2)c1. The van der Waals surface area contributed by atoms with Crippen LogP contribution in [0.15, 0.2) is 23.8 Å². The van der Waals surface area contributed by atoms with Crippen LogP contribution in [0.5, 0.6) is 5.75 Å². The van der Waals surface area contributed by atoms with Gasteiger partial charge in [0.2, 0.25) is 0 Å². The molecule has 1 aromatic carbocycles. The lowest BCUT2D eigenvalue weighted by Crippen LogP contribution is -2.07. The van der Waals surface area contributed by atoms with Crippen LogP contribution in [0.2, 0.25) is 0 Å². The molecule has 0 radical (unpaired) electrons. The van der Waals surface area contributed by atoms with Gasteiger partial charge < -0.3 is 15.2 Å². The average Bonchev–Trinajstić information content (AvgIpc) is 3.29. The number of rotatable bonds is 7. The van der Waals surface area contributed by atoms with Crippen molar-refractivity contribution in [2.75, 3.05) is 18.9 Å². The van der Waals surface area contributed by atoms with E-state index >= 15 is 0 Å². The Morgan fingerprint density at radius 3 is 2.76 bits per heavy atom. The predicted octanol–water partition coefficient (Wildman–Crippen LogP) is 3.56. The first-order valence-corrected chi connectivity index (χ1v) is 7.48. The largest absolute Gasteiger partial charge is 0.494 e. The van der Waals surface area contributed by atoms with Crippen LogP contribution in [-0.2, 0) is 9.53 Å². The highest BCUT2D eigenvalue weighted by molar-refractivity contribution is 5.78. The summed E-state index contributed by atoms with van der Waals surface area (Å²) in [6, 6.07) is 5.73. The first kappa shape index (κ1) is 15.4. The average molecular weight is 289 g/mol. The van der Waals surface area contributed by atoms with E-state index in [2.05, 4.69) is 6.92 Å². The molecular weight excluding hydrogens is 266 g/mol. The van der Waals surface area contributed by atoms with Crippen molar-refractivity contribution < 1.29 is 14.3 Å². The van der Waals surface area contributed by atoms with E-state index in [0.29, 0.717) is 26.1 Å². The van der Waals surface area contributed by atoms with Crippen molar-refractivity contribution in [2.24, 2.45) is 0 Å². The van der Waals surface area contributed by atoms with Gasteiger partial charge in [0.1, 0.15) is 5.75 Å². The fraction of sp³-hybridized carbons (Fsp3) is 0.471. The minimum absolute atomic E-state index is 0.173. The van der Waals surface area contributed by atoms with Crippen molar-refractivity contribution in [1.82, 2.24) is 0 Å². The fourth-order valence-corrected chi connectivity index (χ4v) is 2.22. The van der Waals surface area contributed by atoms with Crippen molar-refractivity contribution in [3.05, 3.63) is 29.3 Å². The first-order valence-electron chi connectivity index (χ1n) is 7.48. The smallest absolute Gasteiger partial charge is 0.305 e. The van der Waals surface area contributed by atoms with Gasteiger partial charge >= 0.3 is 5.97 Å². The second-order valence-electron chi connectivity index (χ2n) is 5.23. The van der Waals surface area contributed by atoms with Crippen LogP contribution in [0.25, 0.3) is 5.57 Å². The van der Waals surface area contributed by atoms with Gasteiger partial charge in [-0.3, -0.25) is 4.79 Å². The normalized spacial score (nSPS) is 13.0. The maximum atomic E-state index is 11.2. The molecule has 1 fully saturated rings. The lowest BCUT2D eigenvalue weighted by Gasteiger charge is -2.11. The Balaban J connectivity index is 1.88. The van der Waals surface area contributed by atoms with Gasteiger partial charge in [0, 0.05) is 17.7 Å². The summed E-state index contributed by atoms with van der Waals surface area (Å²) in [6.45, 7) is 4.84. The highest BCUT2D eigenvalue weighted by Crippen LogP contribution is 2.38. The van der Waals surface area contributed by atoms with Crippen molar-refractivity contribution in [2.45, 2.75) is 39.5 Å². The van der Waals surface area contributed by atoms with Crippen LogP contribution in [0.4, 0.5) is 5.69 Å². The van der Waals surface area contributed by atoms with Crippen LogP contribution in [-0.4, -0.2) is 19.2 Å². The molecule has 0 spiro atoms. The van der Waals surface area contributed by atoms with Crippen LogP contribution >= 0.6 is 0 Å². The van der Waals surface area contributed by atoms with Crippen molar-refractivity contribution in [3.8, 4) is 5.75 Å². The van der Waals surface area contributed by atoms with Gasteiger partial charge in [0.05, 0.1) is 13.2 Å². The van der Waals surface area contributed by atoms with Gasteiger partial charge in [-0.1, -0.05) is 5.57 Å². The molecule has 0 saturated heterocycles. The van der Waals surface area contributed by atoms with E-state index in [1.165, 1.54) is 24.0 Å². The van der Waals surface area contributed by atoms with E-state index < -0.39 is 0 Å². The molecule has 114 valence electrons. The molecule has 1 aliphatic rings. The van der Waals surface area contributed by atoms with E-state index in [1.807, 2.05) is 18.2 Å². The second-order valence-corrected chi connectivity index (χ2v) is 5.23. The minimum atomic E-state index is -0.173. The summed E-state index contributed by atoms with van der Waals surface area (Å²) < 4.78 is 10.6. The zero-order valence-corrected chi connectivity index (χ0v) is 12.8. The molecule has 0 atom stereocenters. The van der Waals surface area contributed by atoms with Crippen LogP contribution in [0.1, 0.15) is 45.1 Å². The number of hydrogen-bond acceptors (Lipinski definition) is 4.